The molecule has 94 valence electrons. The summed E-state index contributed by atoms with van der Waals surface area (Å²) in [5.41, 5.74) is 0. The first kappa shape index (κ1) is 12.4. The van der Waals surface area contributed by atoms with Gasteiger partial charge >= 0.3 is 0 Å². The Balaban J connectivity index is 1.73. The van der Waals surface area contributed by atoms with Gasteiger partial charge in [-0.1, -0.05) is 12.8 Å². The molecule has 0 heterocycles. The molecule has 0 saturated heterocycles. The van der Waals surface area contributed by atoms with E-state index in [-0.39, 0.29) is 0 Å². The van der Waals surface area contributed by atoms with Crippen LogP contribution in [0.5, 0.6) is 0 Å². The van der Waals surface area contributed by atoms with E-state index in [1.807, 2.05) is 0 Å². The van der Waals surface area contributed by atoms with Crippen LogP contribution < -0.4 is 5.32 Å². The molecule has 0 aromatic rings. The third kappa shape index (κ3) is 3.21. The van der Waals surface area contributed by atoms with Crippen LogP contribution in [0.4, 0.5) is 0 Å². The molecule has 2 fully saturated rings. The molecule has 2 aliphatic carbocycles. The molecule has 0 radical (unpaired) electrons. The second kappa shape index (κ2) is 5.50. The van der Waals surface area contributed by atoms with Gasteiger partial charge in [-0.25, -0.2) is 0 Å². The lowest BCUT2D eigenvalue weighted by molar-refractivity contribution is 0.127. The summed E-state index contributed by atoms with van der Waals surface area (Å²) in [6.07, 6.45) is 9.91. The highest BCUT2D eigenvalue weighted by Crippen LogP contribution is 2.35. The number of hydrogen-bond donors (Lipinski definition) is 1. The molecule has 2 heteroatoms. The number of hydrogen-bond acceptors (Lipinski definition) is 2. The van der Waals surface area contributed by atoms with Gasteiger partial charge < -0.3 is 10.2 Å². The molecular weight excluding hydrogens is 196 g/mol. The maximum absolute atomic E-state index is 3.42. The van der Waals surface area contributed by atoms with Crippen molar-refractivity contribution >= 4 is 0 Å². The molecule has 0 spiro atoms. The quantitative estimate of drug-likeness (QED) is 0.772. The number of rotatable bonds is 5. The molecule has 0 amide bonds. The summed E-state index contributed by atoms with van der Waals surface area (Å²) in [6, 6.07) is 2.42. The Bertz CT molecular complexity index is 205. The molecule has 16 heavy (non-hydrogen) atoms. The second-order valence-electron chi connectivity index (χ2n) is 5.99. The highest BCUT2D eigenvalue weighted by atomic mass is 15.2. The van der Waals surface area contributed by atoms with Crippen LogP contribution >= 0.6 is 0 Å². The average molecular weight is 224 g/mol. The first-order valence-electron chi connectivity index (χ1n) is 7.10. The maximum Gasteiger partial charge on any atom is 0.00961 e. The predicted octanol–water partition coefficient (Wildman–Crippen LogP) is 2.64. The van der Waals surface area contributed by atoms with Gasteiger partial charge in [-0.2, -0.15) is 0 Å². The van der Waals surface area contributed by atoms with E-state index in [0.717, 1.165) is 24.0 Å². The summed E-state index contributed by atoms with van der Waals surface area (Å²) in [5.74, 6) is 1.06. The SMILES string of the molecule is CNC1CCC(N(C)C(C)CC2CC2)CC1. The van der Waals surface area contributed by atoms with Crippen molar-refractivity contribution in [3.8, 4) is 0 Å². The van der Waals surface area contributed by atoms with E-state index in [1.165, 1.54) is 44.9 Å². The zero-order chi connectivity index (χ0) is 11.5. The third-order valence-corrected chi connectivity index (χ3v) is 4.75. The third-order valence-electron chi connectivity index (χ3n) is 4.75. The summed E-state index contributed by atoms with van der Waals surface area (Å²) in [6.45, 7) is 2.42. The van der Waals surface area contributed by atoms with Crippen molar-refractivity contribution in [3.05, 3.63) is 0 Å². The Labute approximate surface area is 101 Å². The molecule has 1 unspecified atom stereocenters. The van der Waals surface area contributed by atoms with E-state index in [4.69, 9.17) is 0 Å². The Hall–Kier alpha value is -0.0800. The Morgan fingerprint density at radius 1 is 1.12 bits per heavy atom. The molecule has 2 nitrogen and oxygen atoms in total. The van der Waals surface area contributed by atoms with Crippen molar-refractivity contribution in [2.45, 2.75) is 70.0 Å². The molecule has 0 aliphatic heterocycles. The lowest BCUT2D eigenvalue weighted by Crippen LogP contribution is -2.43. The zero-order valence-corrected chi connectivity index (χ0v) is 11.2. The standard InChI is InChI=1S/C14H28N2/c1-11(10-12-4-5-12)16(3)14-8-6-13(15-2)7-9-14/h11-15H,4-10H2,1-3H3. The first-order chi connectivity index (χ1) is 7.70. The summed E-state index contributed by atoms with van der Waals surface area (Å²) in [5, 5.41) is 3.42. The van der Waals surface area contributed by atoms with Gasteiger partial charge in [-0.05, 0) is 59.0 Å². The minimum absolute atomic E-state index is 0.781. The molecule has 2 saturated carbocycles. The van der Waals surface area contributed by atoms with Gasteiger partial charge in [0, 0.05) is 18.1 Å². The van der Waals surface area contributed by atoms with Gasteiger partial charge in [-0.3, -0.25) is 0 Å². The second-order valence-corrected chi connectivity index (χ2v) is 5.99. The zero-order valence-electron chi connectivity index (χ0n) is 11.2. The summed E-state index contributed by atoms with van der Waals surface area (Å²) >= 11 is 0. The maximum atomic E-state index is 3.42. The van der Waals surface area contributed by atoms with E-state index in [1.54, 1.807) is 0 Å². The highest BCUT2D eigenvalue weighted by molar-refractivity contribution is 4.85. The smallest absolute Gasteiger partial charge is 0.00961 e. The van der Waals surface area contributed by atoms with Gasteiger partial charge in [0.1, 0.15) is 0 Å². The Morgan fingerprint density at radius 3 is 2.25 bits per heavy atom. The summed E-state index contributed by atoms with van der Waals surface area (Å²) < 4.78 is 0. The number of nitrogens with one attached hydrogen (secondary N) is 1. The molecule has 0 bridgehead atoms. The summed E-state index contributed by atoms with van der Waals surface area (Å²) in [7, 11) is 4.45. The highest BCUT2D eigenvalue weighted by Gasteiger charge is 2.29. The fraction of sp³-hybridized carbons (Fsp3) is 1.00. The van der Waals surface area contributed by atoms with Crippen LogP contribution in [0.2, 0.25) is 0 Å². The van der Waals surface area contributed by atoms with Gasteiger partial charge in [0.15, 0.2) is 0 Å². The van der Waals surface area contributed by atoms with Gasteiger partial charge in [0.05, 0.1) is 0 Å². The molecule has 1 N–H and O–H groups in total. The van der Waals surface area contributed by atoms with E-state index < -0.39 is 0 Å². The lowest BCUT2D eigenvalue weighted by Gasteiger charge is -2.38. The van der Waals surface area contributed by atoms with Crippen molar-refractivity contribution in [2.24, 2.45) is 5.92 Å². The molecule has 0 aromatic heterocycles. The molecule has 2 aliphatic rings. The van der Waals surface area contributed by atoms with Crippen LogP contribution in [-0.4, -0.2) is 37.1 Å². The van der Waals surface area contributed by atoms with Crippen LogP contribution in [0.1, 0.15) is 51.9 Å². The van der Waals surface area contributed by atoms with E-state index >= 15 is 0 Å². The lowest BCUT2D eigenvalue weighted by atomic mass is 9.89. The fourth-order valence-electron chi connectivity index (χ4n) is 3.13. The van der Waals surface area contributed by atoms with Crippen molar-refractivity contribution in [2.75, 3.05) is 14.1 Å². The van der Waals surface area contributed by atoms with Crippen LogP contribution in [0.25, 0.3) is 0 Å². The van der Waals surface area contributed by atoms with E-state index in [2.05, 4.69) is 31.2 Å². The molecule has 1 atom stereocenters. The molecular formula is C14H28N2. The van der Waals surface area contributed by atoms with E-state index in [0.29, 0.717) is 0 Å². The van der Waals surface area contributed by atoms with Crippen LogP contribution in [0.15, 0.2) is 0 Å². The Morgan fingerprint density at radius 2 is 1.75 bits per heavy atom. The molecule has 0 aromatic carbocycles. The molecule has 2 rings (SSSR count). The van der Waals surface area contributed by atoms with Crippen LogP contribution in [-0.2, 0) is 0 Å². The number of nitrogens with zero attached hydrogens (tertiary/aromatic N) is 1. The Kier molecular flexibility index (Phi) is 4.26. The topological polar surface area (TPSA) is 15.3 Å². The fourth-order valence-corrected chi connectivity index (χ4v) is 3.13. The first-order valence-corrected chi connectivity index (χ1v) is 7.10. The monoisotopic (exact) mass is 224 g/mol. The minimum atomic E-state index is 0.781. The van der Waals surface area contributed by atoms with Gasteiger partial charge in [-0.15, -0.1) is 0 Å². The normalized spacial score (nSPS) is 33.0. The van der Waals surface area contributed by atoms with Crippen molar-refractivity contribution in [1.29, 1.82) is 0 Å². The average Bonchev–Trinajstić information content (AvgIpc) is 3.12. The van der Waals surface area contributed by atoms with Gasteiger partial charge in [0.25, 0.3) is 0 Å². The van der Waals surface area contributed by atoms with Crippen LogP contribution in [0, 0.1) is 5.92 Å². The van der Waals surface area contributed by atoms with Crippen molar-refractivity contribution < 1.29 is 0 Å². The van der Waals surface area contributed by atoms with Crippen molar-refractivity contribution in [3.63, 3.8) is 0 Å². The summed E-state index contributed by atoms with van der Waals surface area (Å²) in [4.78, 5) is 2.66. The van der Waals surface area contributed by atoms with Crippen molar-refractivity contribution in [1.82, 2.24) is 10.2 Å². The van der Waals surface area contributed by atoms with E-state index in [9.17, 15) is 0 Å². The minimum Gasteiger partial charge on any atom is -0.317 e. The van der Waals surface area contributed by atoms with Gasteiger partial charge in [0.2, 0.25) is 0 Å². The largest absolute Gasteiger partial charge is 0.317 e. The van der Waals surface area contributed by atoms with Crippen LogP contribution in [0.3, 0.4) is 0 Å². The predicted molar refractivity (Wildman–Crippen MR) is 69.7 cm³/mol.